The fourth-order valence-corrected chi connectivity index (χ4v) is 15.7. The molecule has 1 aliphatic rings. The lowest BCUT2D eigenvalue weighted by Gasteiger charge is -2.33. The molecule has 5 rings (SSSR count). The van der Waals surface area contributed by atoms with Crippen molar-refractivity contribution >= 4 is 110 Å². The number of amides is 5. The number of aromatic hydroxyl groups is 1. The third kappa shape index (κ3) is 41.7. The number of nitrogens with two attached hydrogens (primary N) is 2. The van der Waals surface area contributed by atoms with Crippen molar-refractivity contribution in [2.75, 3.05) is 45.9 Å². The standard InChI is InChI=1S/C100H154N18O19/c1-15-16-34-75(88(128)56-105-65(9)86(126)53-101)110-59-109-62(6)82(122)42-45-103-63(7)84(124)52-90(130)99(13)43-29-22-20-18-17-19-21-23-30-44-100(14,118-117-78(48-69-31-25-24-26-32-69)94(133)95(134)93(67(11)119)113-97(136)80(46-60(2)3)111-68(12)120)91(131)58-106-66(10)87(127)55-108-79(49-70-36-38-72(121)39-37-70)96(135)112-77(50-71-54-107-74-35-28-27-33-73(71)74)89(129)57-104-64(8)83(123)51-85(125)76(40-41-92(102)132)115-116-81(47-61(4)5)98(137)114-99/h18,20,24-28,31-33,35-39,54,60-67,75-81,93,103-110,115-119,121H,15-17,19,21-23,29-30,34,40-53,55-59,101H2,1-14H3,(H2,102,132)(H,111,120)(H,112,135)(H,113,136)(H,114,137)/b20-18+/t62-,63-,64-,65-,66-,67+,75-,76-,77-,78-,79-,80-,81-,93-,99-,100+/m0/s1. The normalized spacial score (nSPS) is 22.4. The number of carbonyl (C=O) groups is 17. The van der Waals surface area contributed by atoms with Gasteiger partial charge in [0.25, 0.3) is 0 Å². The lowest BCUT2D eigenvalue weighted by atomic mass is 9.86. The summed E-state index contributed by atoms with van der Waals surface area (Å²) in [7, 11) is 0. The molecule has 0 saturated carbocycles. The van der Waals surface area contributed by atoms with E-state index in [1.807, 2.05) is 65.0 Å². The zero-order chi connectivity index (χ0) is 102. The molecule has 758 valence electrons. The monoisotopic (exact) mass is 1910 g/mol. The van der Waals surface area contributed by atoms with Gasteiger partial charge in [-0.1, -0.05) is 140 Å². The smallest absolute Gasteiger partial charge is 0.243 e. The Balaban J connectivity index is 1.49. The van der Waals surface area contributed by atoms with Gasteiger partial charge >= 0.3 is 0 Å². The summed E-state index contributed by atoms with van der Waals surface area (Å²) in [6.45, 7) is 21.3. The van der Waals surface area contributed by atoms with Crippen LogP contribution in [0.5, 0.6) is 5.75 Å². The summed E-state index contributed by atoms with van der Waals surface area (Å²) in [6.07, 6.45) is 8.02. The molecule has 5 amide bonds. The number of fused-ring (bicyclic) bond motifs is 1. The van der Waals surface area contributed by atoms with Crippen LogP contribution in [0.25, 0.3) is 10.9 Å². The summed E-state index contributed by atoms with van der Waals surface area (Å²) >= 11 is 0. The lowest BCUT2D eigenvalue weighted by molar-refractivity contribution is -0.142. The minimum absolute atomic E-state index is 0.0137. The minimum Gasteiger partial charge on any atom is -0.508 e. The molecule has 0 bridgehead atoms. The molecule has 0 unspecified atom stereocenters. The molecule has 3 aromatic carbocycles. The van der Waals surface area contributed by atoms with Crippen molar-refractivity contribution < 1.29 is 91.7 Å². The molecule has 37 nitrogen and oxygen atoms in total. The first kappa shape index (κ1) is 117. The Morgan fingerprint density at radius 3 is 1.88 bits per heavy atom. The van der Waals surface area contributed by atoms with Crippen molar-refractivity contribution in [3.05, 3.63) is 114 Å². The van der Waals surface area contributed by atoms with Crippen LogP contribution in [-0.4, -0.2) is 256 Å². The van der Waals surface area contributed by atoms with Gasteiger partial charge in [0, 0.05) is 56.5 Å². The summed E-state index contributed by atoms with van der Waals surface area (Å²) in [5.41, 5.74) is 22.3. The minimum atomic E-state index is -1.76. The number of Topliss-reactive ketones (excluding diaryl/α,β-unsaturated/α-hetero) is 12. The van der Waals surface area contributed by atoms with Gasteiger partial charge in [-0.3, -0.25) is 97.5 Å². The van der Waals surface area contributed by atoms with E-state index in [0.717, 1.165) is 23.7 Å². The second-order valence-corrected chi connectivity index (χ2v) is 37.6. The number of phenols is 1. The molecule has 137 heavy (non-hydrogen) atoms. The molecular weight excluding hydrogens is 1760 g/mol. The molecule has 0 aliphatic carbocycles. The predicted molar refractivity (Wildman–Crippen MR) is 523 cm³/mol. The molecular formula is C100H154N18O19. The summed E-state index contributed by atoms with van der Waals surface area (Å²) in [5.74, 6) is -10.8. The van der Waals surface area contributed by atoms with Crippen LogP contribution in [0.1, 0.15) is 236 Å². The molecule has 4 aromatic rings. The number of carbonyl (C=O) groups excluding carboxylic acids is 17. The van der Waals surface area contributed by atoms with Crippen molar-refractivity contribution in [2.45, 2.75) is 334 Å². The van der Waals surface area contributed by atoms with Crippen LogP contribution in [0, 0.1) is 11.8 Å². The van der Waals surface area contributed by atoms with E-state index in [4.69, 9.17) is 11.5 Å². The number of aromatic amines is 1. The van der Waals surface area contributed by atoms with Crippen LogP contribution in [-0.2, 0) is 101 Å². The SMILES string of the molecule is CCCC[C@H](NCN[C@@H](C)C(=O)CCN[C@@H](C)C(=O)CC(=O)[C@]1(C)CCC/C=C/CCCCCC[C@@](C)(NN[C@@H](Cc2ccccc2)C(=O)C(=O)[C@@H](NC(=O)[C@H](CC(C)C)NC(C)=O)[C@@H](C)O)C(=O)CN[C@@H](C)C(=O)CN[C@@H](Cc2ccc(O)cc2)C(=O)N[C@@H](Cc2c[nH]c3ccccc23)C(=O)CN[C@@H](C)C(=O)CC(=O)[C@H](CCC(N)=O)NN[C@@H](CC(C)C)C(=O)N1)C(=O)CN[C@@H](C)C(=O)CN. The van der Waals surface area contributed by atoms with Gasteiger partial charge < -0.3 is 69.2 Å². The number of aliphatic hydroxyl groups excluding tert-OH is 1. The Labute approximate surface area is 805 Å². The van der Waals surface area contributed by atoms with Gasteiger partial charge in [0.1, 0.15) is 23.9 Å². The number of aliphatic hydroxyl groups is 1. The van der Waals surface area contributed by atoms with Crippen LogP contribution in [0.2, 0.25) is 0 Å². The van der Waals surface area contributed by atoms with Crippen LogP contribution < -0.4 is 91.7 Å². The molecule has 0 saturated heterocycles. The number of hydrogen-bond donors (Lipinski definition) is 20. The molecule has 37 heteroatoms. The third-order valence-electron chi connectivity index (χ3n) is 24.9. The van der Waals surface area contributed by atoms with Gasteiger partial charge in [0.15, 0.2) is 57.8 Å². The van der Waals surface area contributed by atoms with E-state index in [9.17, 15) is 82.1 Å². The topological polar surface area (TPSA) is 579 Å². The van der Waals surface area contributed by atoms with E-state index in [-0.39, 0.29) is 125 Å². The van der Waals surface area contributed by atoms with E-state index in [2.05, 4.69) is 85.2 Å². The molecule has 2 heterocycles. The molecule has 16 atom stereocenters. The zero-order valence-electron chi connectivity index (χ0n) is 82.5. The zero-order valence-corrected chi connectivity index (χ0v) is 82.5. The highest BCUT2D eigenvalue weighted by atomic mass is 16.3. The maximum absolute atomic E-state index is 15.1. The van der Waals surface area contributed by atoms with Gasteiger partial charge in [-0.15, -0.1) is 0 Å². The molecule has 0 fully saturated rings. The Bertz CT molecular complexity index is 4680. The summed E-state index contributed by atoms with van der Waals surface area (Å²) in [4.78, 5) is 242. The number of hydrazine groups is 2. The number of benzene rings is 3. The van der Waals surface area contributed by atoms with Crippen molar-refractivity contribution in [1.82, 2.24) is 85.2 Å². The Morgan fingerprint density at radius 1 is 0.584 bits per heavy atom. The summed E-state index contributed by atoms with van der Waals surface area (Å²) in [5, 5.41) is 54.4. The fourth-order valence-electron chi connectivity index (χ4n) is 15.7. The van der Waals surface area contributed by atoms with Crippen LogP contribution >= 0.6 is 0 Å². The van der Waals surface area contributed by atoms with Crippen LogP contribution in [0.3, 0.4) is 0 Å². The average molecular weight is 1910 g/mol. The van der Waals surface area contributed by atoms with Crippen LogP contribution in [0.4, 0.5) is 0 Å². The molecule has 1 aliphatic heterocycles. The van der Waals surface area contributed by atoms with Gasteiger partial charge in [0.2, 0.25) is 41.1 Å². The Kier molecular flexibility index (Phi) is 51.7. The number of rotatable bonds is 45. The number of allylic oxidation sites excluding steroid dienone is 2. The number of ketones is 12. The number of H-pyrrole nitrogens is 1. The maximum atomic E-state index is 15.1. The van der Waals surface area contributed by atoms with E-state index in [1.165, 1.54) is 46.8 Å². The predicted octanol–water partition coefficient (Wildman–Crippen LogP) is 3.04. The summed E-state index contributed by atoms with van der Waals surface area (Å²) in [6, 6.07) is 7.62. The van der Waals surface area contributed by atoms with Crippen molar-refractivity contribution in [3.8, 4) is 5.75 Å². The number of primary amides is 1. The lowest BCUT2D eigenvalue weighted by Crippen LogP contribution is -2.64. The number of hydrogen-bond acceptors (Lipinski definition) is 31. The highest BCUT2D eigenvalue weighted by Crippen LogP contribution is 2.25. The molecule has 1 aromatic heterocycles. The fraction of sp³-hybridized carbons (Fsp3) is 0.610. The van der Waals surface area contributed by atoms with Crippen LogP contribution in [0.15, 0.2) is 97.2 Å². The first-order chi connectivity index (χ1) is 64.9. The number of para-hydroxylation sites is 1. The summed E-state index contributed by atoms with van der Waals surface area (Å²) < 4.78 is 0. The highest BCUT2D eigenvalue weighted by Gasteiger charge is 2.42. The largest absolute Gasteiger partial charge is 0.508 e. The first-order valence-corrected chi connectivity index (χ1v) is 48.3. The number of aromatic nitrogens is 1. The Hall–Kier alpha value is -10.4. The molecule has 0 spiro atoms. The van der Waals surface area contributed by atoms with Crippen molar-refractivity contribution in [3.63, 3.8) is 0 Å². The van der Waals surface area contributed by atoms with Crippen molar-refractivity contribution in [2.24, 2.45) is 23.3 Å². The van der Waals surface area contributed by atoms with Gasteiger partial charge in [0.05, 0.1) is 123 Å². The number of unbranched alkanes of at least 4 members (excludes halogenated alkanes) is 1. The van der Waals surface area contributed by atoms with Gasteiger partial charge in [-0.2, -0.15) is 0 Å². The number of phenolic OH excluding ortho intramolecular Hbond substituents is 1. The average Bonchev–Trinajstić information content (AvgIpc) is 1.77. The highest BCUT2D eigenvalue weighted by molar-refractivity contribution is 6.41. The number of nitrogens with one attached hydrogen (secondary N) is 16. The van der Waals surface area contributed by atoms with Gasteiger partial charge in [-0.25, -0.2) is 21.7 Å². The Morgan fingerprint density at radius 2 is 1.22 bits per heavy atom. The van der Waals surface area contributed by atoms with E-state index >= 15 is 9.59 Å². The maximum Gasteiger partial charge on any atom is 0.243 e. The quantitative estimate of drug-likeness (QED) is 0.00994. The second-order valence-electron chi connectivity index (χ2n) is 37.6. The van der Waals surface area contributed by atoms with E-state index in [0.29, 0.717) is 68.1 Å². The van der Waals surface area contributed by atoms with Gasteiger partial charge in [-0.05, 0) is 179 Å². The van der Waals surface area contributed by atoms with E-state index < -0.39 is 210 Å². The van der Waals surface area contributed by atoms with E-state index in [1.54, 1.807) is 82.4 Å². The molecule has 22 N–H and O–H groups in total. The first-order valence-electron chi connectivity index (χ1n) is 48.3. The molecule has 0 radical (unpaired) electrons. The third-order valence-corrected chi connectivity index (χ3v) is 24.9. The van der Waals surface area contributed by atoms with Crippen molar-refractivity contribution in [1.29, 1.82) is 0 Å². The second kappa shape index (κ2) is 60.5.